The van der Waals surface area contributed by atoms with Gasteiger partial charge in [-0.05, 0) is 72.3 Å². The predicted octanol–water partition coefficient (Wildman–Crippen LogP) is 2.08. The zero-order valence-corrected chi connectivity index (χ0v) is 13.6. The van der Waals surface area contributed by atoms with Crippen LogP contribution in [0.1, 0.15) is 46.0 Å². The summed E-state index contributed by atoms with van der Waals surface area (Å²) in [5.74, 6) is 0. The fraction of sp³-hybridized carbons (Fsp3) is 0.938. The number of rotatable bonds is 10. The molecule has 1 fully saturated rings. The van der Waals surface area contributed by atoms with Crippen molar-refractivity contribution in [2.45, 2.75) is 51.5 Å². The molecule has 4 nitrogen and oxygen atoms in total. The van der Waals surface area contributed by atoms with Crippen LogP contribution < -0.4 is 5.32 Å². The van der Waals surface area contributed by atoms with Gasteiger partial charge < -0.3 is 9.80 Å². The third-order valence-corrected chi connectivity index (χ3v) is 4.23. The third kappa shape index (κ3) is 6.69. The first-order valence-electron chi connectivity index (χ1n) is 8.17. The number of nitrogens with one attached hydrogen (secondary N) is 1. The quantitative estimate of drug-likeness (QED) is 0.665. The zero-order chi connectivity index (χ0) is 14.8. The molecule has 0 aliphatic carbocycles. The maximum atomic E-state index is 9.29. The monoisotopic (exact) mass is 280 g/mol. The van der Waals surface area contributed by atoms with E-state index in [-0.39, 0.29) is 5.54 Å². The molecule has 20 heavy (non-hydrogen) atoms. The van der Waals surface area contributed by atoms with E-state index in [1.807, 2.05) is 6.92 Å². The van der Waals surface area contributed by atoms with Gasteiger partial charge in [0.05, 0.1) is 6.07 Å². The molecule has 1 aliphatic heterocycles. The van der Waals surface area contributed by atoms with E-state index in [1.165, 1.54) is 32.5 Å². The highest BCUT2D eigenvalue weighted by molar-refractivity contribution is 5.03. The van der Waals surface area contributed by atoms with Crippen molar-refractivity contribution in [3.63, 3.8) is 0 Å². The minimum Gasteiger partial charge on any atom is -0.305 e. The Morgan fingerprint density at radius 2 is 2.00 bits per heavy atom. The first-order valence-corrected chi connectivity index (χ1v) is 8.17. The van der Waals surface area contributed by atoms with E-state index in [0.717, 1.165) is 38.9 Å². The van der Waals surface area contributed by atoms with Crippen molar-refractivity contribution in [1.29, 1.82) is 5.26 Å². The first kappa shape index (κ1) is 17.4. The van der Waals surface area contributed by atoms with E-state index in [2.05, 4.69) is 35.2 Å². The molecule has 4 heteroatoms. The summed E-state index contributed by atoms with van der Waals surface area (Å²) in [5, 5.41) is 12.6. The highest BCUT2D eigenvalue weighted by atomic mass is 15.2. The summed E-state index contributed by atoms with van der Waals surface area (Å²) in [6.07, 6.45) is 5.82. The molecule has 0 spiro atoms. The van der Waals surface area contributed by atoms with E-state index < -0.39 is 0 Å². The minimum atomic E-state index is -0.355. The van der Waals surface area contributed by atoms with Gasteiger partial charge in [-0.3, -0.25) is 5.32 Å². The number of nitrogens with zero attached hydrogens (tertiary/aromatic N) is 3. The van der Waals surface area contributed by atoms with Crippen LogP contribution in [0.4, 0.5) is 0 Å². The van der Waals surface area contributed by atoms with Gasteiger partial charge in [-0.15, -0.1) is 0 Å². The molecule has 1 aliphatic rings. The molecule has 1 heterocycles. The van der Waals surface area contributed by atoms with Gasteiger partial charge >= 0.3 is 0 Å². The van der Waals surface area contributed by atoms with E-state index in [9.17, 15) is 5.26 Å². The van der Waals surface area contributed by atoms with Crippen molar-refractivity contribution >= 4 is 0 Å². The first-order chi connectivity index (χ1) is 9.59. The van der Waals surface area contributed by atoms with Gasteiger partial charge in [0.1, 0.15) is 5.54 Å². The van der Waals surface area contributed by atoms with Gasteiger partial charge in [0, 0.05) is 13.1 Å². The van der Waals surface area contributed by atoms with Gasteiger partial charge in [-0.1, -0.05) is 6.92 Å². The molecule has 0 bridgehead atoms. The topological polar surface area (TPSA) is 42.3 Å². The second-order valence-electron chi connectivity index (χ2n) is 6.33. The summed E-state index contributed by atoms with van der Waals surface area (Å²) in [5.41, 5.74) is -0.355. The average molecular weight is 280 g/mol. The number of nitriles is 1. The SMILES string of the molecule is CCCNC(C)(C#N)CCCN(C)CCN1CCCC1. The lowest BCUT2D eigenvalue weighted by molar-refractivity contribution is 0.248. The Labute approximate surface area is 125 Å². The number of hydrogen-bond acceptors (Lipinski definition) is 4. The molecule has 1 unspecified atom stereocenters. The van der Waals surface area contributed by atoms with Crippen LogP contribution in [0.3, 0.4) is 0 Å². The Balaban J connectivity index is 2.13. The Hall–Kier alpha value is -0.630. The molecule has 0 aromatic carbocycles. The molecule has 0 aromatic heterocycles. The Kier molecular flexibility index (Phi) is 8.13. The number of likely N-dealkylation sites (N-methyl/N-ethyl adjacent to an activating group) is 1. The lowest BCUT2D eigenvalue weighted by atomic mass is 9.97. The number of likely N-dealkylation sites (tertiary alicyclic amines) is 1. The maximum Gasteiger partial charge on any atom is 0.103 e. The molecular weight excluding hydrogens is 248 g/mol. The summed E-state index contributed by atoms with van der Waals surface area (Å²) >= 11 is 0. The van der Waals surface area contributed by atoms with E-state index in [1.54, 1.807) is 0 Å². The fourth-order valence-electron chi connectivity index (χ4n) is 2.72. The molecule has 1 saturated heterocycles. The molecule has 1 rings (SSSR count). The molecule has 116 valence electrons. The van der Waals surface area contributed by atoms with Gasteiger partial charge in [-0.25, -0.2) is 0 Å². The van der Waals surface area contributed by atoms with Crippen molar-refractivity contribution in [3.05, 3.63) is 0 Å². The summed E-state index contributed by atoms with van der Waals surface area (Å²) in [6, 6.07) is 2.43. The van der Waals surface area contributed by atoms with Crippen LogP contribution in [0.15, 0.2) is 0 Å². The zero-order valence-electron chi connectivity index (χ0n) is 13.6. The van der Waals surface area contributed by atoms with Crippen molar-refractivity contribution in [1.82, 2.24) is 15.1 Å². The summed E-state index contributed by atoms with van der Waals surface area (Å²) in [7, 11) is 2.19. The summed E-state index contributed by atoms with van der Waals surface area (Å²) < 4.78 is 0. The Morgan fingerprint density at radius 3 is 2.60 bits per heavy atom. The van der Waals surface area contributed by atoms with Crippen LogP contribution in [-0.2, 0) is 0 Å². The fourth-order valence-corrected chi connectivity index (χ4v) is 2.72. The van der Waals surface area contributed by atoms with Crippen LogP contribution in [0.2, 0.25) is 0 Å². The third-order valence-electron chi connectivity index (χ3n) is 4.23. The average Bonchev–Trinajstić information content (AvgIpc) is 2.96. The summed E-state index contributed by atoms with van der Waals surface area (Å²) in [4.78, 5) is 4.95. The second kappa shape index (κ2) is 9.33. The van der Waals surface area contributed by atoms with Crippen LogP contribution in [-0.4, -0.2) is 61.7 Å². The van der Waals surface area contributed by atoms with Gasteiger partial charge in [-0.2, -0.15) is 5.26 Å². The van der Waals surface area contributed by atoms with Crippen LogP contribution in [0.25, 0.3) is 0 Å². The second-order valence-corrected chi connectivity index (χ2v) is 6.33. The van der Waals surface area contributed by atoms with Crippen LogP contribution in [0.5, 0.6) is 0 Å². The maximum absolute atomic E-state index is 9.29. The molecule has 0 amide bonds. The van der Waals surface area contributed by atoms with E-state index >= 15 is 0 Å². The molecule has 1 atom stereocenters. The Bertz CT molecular complexity index is 293. The van der Waals surface area contributed by atoms with Crippen LogP contribution in [0, 0.1) is 11.3 Å². The normalized spacial score (nSPS) is 19.1. The van der Waals surface area contributed by atoms with Crippen molar-refractivity contribution in [2.24, 2.45) is 0 Å². The molecule has 0 radical (unpaired) electrons. The van der Waals surface area contributed by atoms with Crippen LogP contribution >= 0.6 is 0 Å². The van der Waals surface area contributed by atoms with Crippen molar-refractivity contribution in [2.75, 3.05) is 46.3 Å². The van der Waals surface area contributed by atoms with E-state index in [4.69, 9.17) is 0 Å². The minimum absolute atomic E-state index is 0.355. The lowest BCUT2D eigenvalue weighted by Crippen LogP contribution is -2.42. The van der Waals surface area contributed by atoms with Crippen molar-refractivity contribution in [3.8, 4) is 6.07 Å². The molecule has 1 N–H and O–H groups in total. The molecule has 0 saturated carbocycles. The molecule has 0 aromatic rings. The largest absolute Gasteiger partial charge is 0.305 e. The summed E-state index contributed by atoms with van der Waals surface area (Å²) in [6.45, 7) is 11.1. The lowest BCUT2D eigenvalue weighted by Gasteiger charge is -2.25. The number of hydrogen-bond donors (Lipinski definition) is 1. The molecular formula is C16H32N4. The standard InChI is InChI=1S/C16H32N4/c1-4-9-18-16(2,15-17)8-7-10-19(3)13-14-20-11-5-6-12-20/h18H,4-14H2,1-3H3. The van der Waals surface area contributed by atoms with Gasteiger partial charge in [0.25, 0.3) is 0 Å². The smallest absolute Gasteiger partial charge is 0.103 e. The van der Waals surface area contributed by atoms with Gasteiger partial charge in [0.2, 0.25) is 0 Å². The van der Waals surface area contributed by atoms with E-state index in [0.29, 0.717) is 0 Å². The highest BCUT2D eigenvalue weighted by Crippen LogP contribution is 2.12. The van der Waals surface area contributed by atoms with Crippen molar-refractivity contribution < 1.29 is 0 Å². The highest BCUT2D eigenvalue weighted by Gasteiger charge is 2.22. The van der Waals surface area contributed by atoms with Gasteiger partial charge in [0.15, 0.2) is 0 Å². The predicted molar refractivity (Wildman–Crippen MR) is 84.7 cm³/mol. The Morgan fingerprint density at radius 1 is 1.30 bits per heavy atom.